The van der Waals surface area contributed by atoms with Crippen molar-refractivity contribution in [1.29, 1.82) is 0 Å². The monoisotopic (exact) mass is 263 g/mol. The lowest BCUT2D eigenvalue weighted by Crippen LogP contribution is -2.21. The highest BCUT2D eigenvalue weighted by atomic mass is 19.4. The van der Waals surface area contributed by atoms with Crippen LogP contribution in [0.25, 0.3) is 0 Å². The van der Waals surface area contributed by atoms with E-state index in [4.69, 9.17) is 5.73 Å². The molecule has 0 aliphatic carbocycles. The molecule has 0 spiro atoms. The van der Waals surface area contributed by atoms with Crippen LogP contribution < -0.4 is 5.73 Å². The van der Waals surface area contributed by atoms with Crippen LogP contribution in [0.1, 0.15) is 38.3 Å². The van der Waals surface area contributed by atoms with Gasteiger partial charge in [0.15, 0.2) is 0 Å². The summed E-state index contributed by atoms with van der Waals surface area (Å²) in [4.78, 5) is 4.01. The van der Waals surface area contributed by atoms with E-state index >= 15 is 0 Å². The van der Waals surface area contributed by atoms with Gasteiger partial charge < -0.3 is 10.3 Å². The van der Waals surface area contributed by atoms with Gasteiger partial charge in [0, 0.05) is 37.3 Å². The van der Waals surface area contributed by atoms with Gasteiger partial charge in [0.25, 0.3) is 0 Å². The Bertz CT molecular complexity index is 358. The van der Waals surface area contributed by atoms with E-state index in [1.54, 1.807) is 17.1 Å². The molecule has 6 heteroatoms. The minimum atomic E-state index is -4.09. The average Bonchev–Trinajstić information content (AvgIpc) is 2.65. The molecule has 0 aliphatic heterocycles. The first-order valence-electron chi connectivity index (χ1n) is 6.12. The maximum absolute atomic E-state index is 12.1. The van der Waals surface area contributed by atoms with E-state index < -0.39 is 12.6 Å². The predicted octanol–water partition coefficient (Wildman–Crippen LogP) is 2.92. The Hall–Kier alpha value is -1.04. The van der Waals surface area contributed by atoms with Gasteiger partial charge in [-0.2, -0.15) is 13.2 Å². The molecule has 0 radical (unpaired) electrons. The highest BCUT2D eigenvalue weighted by Gasteiger charge is 2.26. The van der Waals surface area contributed by atoms with Crippen LogP contribution in [0.4, 0.5) is 13.2 Å². The number of aromatic nitrogens is 2. The third-order valence-corrected chi connectivity index (χ3v) is 3.04. The Labute approximate surface area is 105 Å². The van der Waals surface area contributed by atoms with Gasteiger partial charge in [-0.15, -0.1) is 0 Å². The van der Waals surface area contributed by atoms with Crippen LogP contribution in [-0.2, 0) is 6.54 Å². The van der Waals surface area contributed by atoms with Crippen molar-refractivity contribution in [3.63, 3.8) is 0 Å². The Morgan fingerprint density at radius 1 is 1.39 bits per heavy atom. The molecule has 0 bridgehead atoms. The Balaban J connectivity index is 2.65. The average molecular weight is 263 g/mol. The summed E-state index contributed by atoms with van der Waals surface area (Å²) >= 11 is 0. The first-order chi connectivity index (χ1) is 8.35. The first kappa shape index (κ1) is 15.0. The fraction of sp³-hybridized carbons (Fsp3) is 0.750. The van der Waals surface area contributed by atoms with Gasteiger partial charge in [-0.25, -0.2) is 4.98 Å². The molecule has 0 fully saturated rings. The fourth-order valence-electron chi connectivity index (χ4n) is 2.01. The second kappa shape index (κ2) is 6.22. The Kier molecular flexibility index (Phi) is 5.19. The second-order valence-electron chi connectivity index (χ2n) is 4.82. The summed E-state index contributed by atoms with van der Waals surface area (Å²) in [5.41, 5.74) is 6.64. The maximum atomic E-state index is 12.1. The number of hydrogen-bond acceptors (Lipinski definition) is 2. The van der Waals surface area contributed by atoms with Gasteiger partial charge in [-0.05, 0) is 12.3 Å². The molecule has 1 heterocycles. The molecule has 0 aliphatic rings. The molecule has 0 saturated heterocycles. The quantitative estimate of drug-likeness (QED) is 0.857. The van der Waals surface area contributed by atoms with Gasteiger partial charge >= 0.3 is 6.18 Å². The molecule has 18 heavy (non-hydrogen) atoms. The van der Waals surface area contributed by atoms with Gasteiger partial charge in [-0.3, -0.25) is 0 Å². The molecule has 1 unspecified atom stereocenters. The standard InChI is InChI=1S/C12H20F3N3/c1-9(2)10(6-16)11-7-17-8-18(11)5-3-4-12(13,14)15/h7-10H,3-6,16H2,1-2H3. The summed E-state index contributed by atoms with van der Waals surface area (Å²) in [7, 11) is 0. The molecule has 1 aromatic heterocycles. The molecular weight excluding hydrogens is 243 g/mol. The van der Waals surface area contributed by atoms with Crippen molar-refractivity contribution >= 4 is 0 Å². The summed E-state index contributed by atoms with van der Waals surface area (Å²) in [6.45, 7) is 4.90. The van der Waals surface area contributed by atoms with Crippen molar-refractivity contribution in [2.45, 2.75) is 45.3 Å². The molecule has 2 N–H and O–H groups in total. The van der Waals surface area contributed by atoms with E-state index in [0.29, 0.717) is 19.0 Å². The summed E-state index contributed by atoms with van der Waals surface area (Å²) in [6.07, 6.45) is -1.50. The van der Waals surface area contributed by atoms with Gasteiger partial charge in [0.2, 0.25) is 0 Å². The van der Waals surface area contributed by atoms with Crippen molar-refractivity contribution in [3.8, 4) is 0 Å². The molecule has 0 amide bonds. The zero-order valence-corrected chi connectivity index (χ0v) is 10.7. The topological polar surface area (TPSA) is 43.8 Å². The number of nitrogens with zero attached hydrogens (tertiary/aromatic N) is 2. The SMILES string of the molecule is CC(C)C(CN)c1cncn1CCCC(F)(F)F. The van der Waals surface area contributed by atoms with Gasteiger partial charge in [-0.1, -0.05) is 13.8 Å². The fourth-order valence-corrected chi connectivity index (χ4v) is 2.01. The number of rotatable bonds is 6. The van der Waals surface area contributed by atoms with Crippen LogP contribution in [0.5, 0.6) is 0 Å². The minimum Gasteiger partial charge on any atom is -0.334 e. The number of halogens is 3. The largest absolute Gasteiger partial charge is 0.389 e. The lowest BCUT2D eigenvalue weighted by molar-refractivity contribution is -0.135. The molecule has 3 nitrogen and oxygen atoms in total. The van der Waals surface area contributed by atoms with E-state index in [1.165, 1.54) is 0 Å². The Morgan fingerprint density at radius 2 is 2.06 bits per heavy atom. The third-order valence-electron chi connectivity index (χ3n) is 3.04. The zero-order chi connectivity index (χ0) is 13.8. The van der Waals surface area contributed by atoms with Crippen molar-refractivity contribution in [2.75, 3.05) is 6.54 Å². The molecule has 0 saturated carbocycles. The van der Waals surface area contributed by atoms with Crippen molar-refractivity contribution in [3.05, 3.63) is 18.2 Å². The Morgan fingerprint density at radius 3 is 2.56 bits per heavy atom. The molecular formula is C12H20F3N3. The second-order valence-corrected chi connectivity index (χ2v) is 4.82. The van der Waals surface area contributed by atoms with E-state index in [0.717, 1.165) is 5.69 Å². The predicted molar refractivity (Wildman–Crippen MR) is 64.1 cm³/mol. The molecule has 104 valence electrons. The normalized spacial score (nSPS) is 14.2. The van der Waals surface area contributed by atoms with Crippen LogP contribution in [0, 0.1) is 5.92 Å². The lowest BCUT2D eigenvalue weighted by Gasteiger charge is -2.20. The number of nitrogens with two attached hydrogens (primary N) is 1. The smallest absolute Gasteiger partial charge is 0.334 e. The molecule has 1 rings (SSSR count). The number of aryl methyl sites for hydroxylation is 1. The number of alkyl halides is 3. The van der Waals surface area contributed by atoms with E-state index in [1.807, 2.05) is 13.8 Å². The van der Waals surface area contributed by atoms with Gasteiger partial charge in [0.05, 0.1) is 6.33 Å². The summed E-state index contributed by atoms with van der Waals surface area (Å²) in [5, 5.41) is 0. The molecule has 1 aromatic rings. The highest BCUT2D eigenvalue weighted by molar-refractivity contribution is 5.08. The summed E-state index contributed by atoms with van der Waals surface area (Å²) < 4.78 is 38.1. The van der Waals surface area contributed by atoms with Crippen molar-refractivity contribution in [1.82, 2.24) is 9.55 Å². The van der Waals surface area contributed by atoms with Crippen LogP contribution in [0.15, 0.2) is 12.5 Å². The van der Waals surface area contributed by atoms with Crippen LogP contribution in [-0.4, -0.2) is 22.3 Å². The van der Waals surface area contributed by atoms with E-state index in [9.17, 15) is 13.2 Å². The molecule has 0 aromatic carbocycles. The van der Waals surface area contributed by atoms with Gasteiger partial charge in [0.1, 0.15) is 0 Å². The zero-order valence-electron chi connectivity index (χ0n) is 10.7. The first-order valence-corrected chi connectivity index (χ1v) is 6.12. The summed E-state index contributed by atoms with van der Waals surface area (Å²) in [5.74, 6) is 0.478. The number of hydrogen-bond donors (Lipinski definition) is 1. The maximum Gasteiger partial charge on any atom is 0.389 e. The summed E-state index contributed by atoms with van der Waals surface area (Å²) in [6, 6.07) is 0. The van der Waals surface area contributed by atoms with Crippen LogP contribution >= 0.6 is 0 Å². The van der Waals surface area contributed by atoms with Crippen LogP contribution in [0.3, 0.4) is 0 Å². The minimum absolute atomic E-state index is 0.0717. The van der Waals surface area contributed by atoms with Crippen molar-refractivity contribution in [2.24, 2.45) is 11.7 Å². The third kappa shape index (κ3) is 4.33. The molecule has 1 atom stereocenters. The van der Waals surface area contributed by atoms with Crippen LogP contribution in [0.2, 0.25) is 0 Å². The lowest BCUT2D eigenvalue weighted by atomic mass is 9.93. The van der Waals surface area contributed by atoms with Crippen molar-refractivity contribution < 1.29 is 13.2 Å². The van der Waals surface area contributed by atoms with E-state index in [-0.39, 0.29) is 12.3 Å². The van der Waals surface area contributed by atoms with E-state index in [2.05, 4.69) is 4.98 Å². The number of imidazole rings is 1. The highest BCUT2D eigenvalue weighted by Crippen LogP contribution is 2.25.